The summed E-state index contributed by atoms with van der Waals surface area (Å²) in [6.07, 6.45) is 2.62. The maximum Gasteiger partial charge on any atom is 0.240 e. The van der Waals surface area contributed by atoms with Gasteiger partial charge in [0.05, 0.1) is 18.0 Å². The molecule has 0 aliphatic carbocycles. The molecule has 1 amide bonds. The van der Waals surface area contributed by atoms with Crippen molar-refractivity contribution in [3.63, 3.8) is 0 Å². The van der Waals surface area contributed by atoms with Crippen LogP contribution in [0.3, 0.4) is 0 Å². The van der Waals surface area contributed by atoms with Crippen LogP contribution in [0.5, 0.6) is 5.75 Å². The minimum absolute atomic E-state index is 0.123. The molecule has 0 aliphatic rings. The number of aryl methyl sites for hydroxylation is 1. The summed E-state index contributed by atoms with van der Waals surface area (Å²) in [5.74, 6) is -0.0744. The van der Waals surface area contributed by atoms with Gasteiger partial charge in [-0.2, -0.15) is 0 Å². The maximum absolute atomic E-state index is 13.1. The van der Waals surface area contributed by atoms with E-state index < -0.39 is 21.7 Å². The predicted octanol–water partition coefficient (Wildman–Crippen LogP) is 3.13. The second-order valence-corrected chi connectivity index (χ2v) is 8.92. The minimum Gasteiger partial charge on any atom is -0.491 e. The molecule has 0 aromatic heterocycles. The summed E-state index contributed by atoms with van der Waals surface area (Å²) in [5.41, 5.74) is 1.37. The van der Waals surface area contributed by atoms with E-state index in [0.29, 0.717) is 13.0 Å². The molecule has 0 atom stereocenters. The van der Waals surface area contributed by atoms with Gasteiger partial charge in [0.15, 0.2) is 0 Å². The number of anilines is 1. The summed E-state index contributed by atoms with van der Waals surface area (Å²) in [4.78, 5) is 12.2. The second-order valence-electron chi connectivity index (χ2n) is 7.01. The molecule has 2 rings (SSSR count). The van der Waals surface area contributed by atoms with Gasteiger partial charge in [-0.3, -0.25) is 9.10 Å². The van der Waals surface area contributed by atoms with Gasteiger partial charge in [0.1, 0.15) is 18.1 Å². The van der Waals surface area contributed by atoms with E-state index in [1.807, 2.05) is 38.1 Å². The van der Waals surface area contributed by atoms with Crippen molar-refractivity contribution in [1.82, 2.24) is 5.32 Å². The Labute approximate surface area is 171 Å². The molecular weight excluding hydrogens is 395 g/mol. The Hall–Kier alpha value is -2.61. The molecule has 6 nitrogen and oxygen atoms in total. The molecule has 2 aromatic rings. The van der Waals surface area contributed by atoms with Crippen molar-refractivity contribution in [2.75, 3.05) is 23.7 Å². The van der Waals surface area contributed by atoms with Crippen molar-refractivity contribution in [2.24, 2.45) is 0 Å². The first-order valence-corrected chi connectivity index (χ1v) is 11.3. The number of carbonyl (C=O) groups is 1. The van der Waals surface area contributed by atoms with E-state index in [9.17, 15) is 17.6 Å². The number of carbonyl (C=O) groups excluding carboxylic acids is 1. The molecule has 0 saturated carbocycles. The largest absolute Gasteiger partial charge is 0.491 e. The van der Waals surface area contributed by atoms with Gasteiger partial charge < -0.3 is 10.1 Å². The molecule has 0 saturated heterocycles. The lowest BCUT2D eigenvalue weighted by atomic mass is 10.1. The molecule has 0 bridgehead atoms. The Balaban J connectivity index is 1.82. The van der Waals surface area contributed by atoms with Crippen LogP contribution in [0.15, 0.2) is 48.5 Å². The Morgan fingerprint density at radius 1 is 1.10 bits per heavy atom. The van der Waals surface area contributed by atoms with Crippen LogP contribution >= 0.6 is 0 Å². The predicted molar refractivity (Wildman–Crippen MR) is 112 cm³/mol. The zero-order valence-corrected chi connectivity index (χ0v) is 17.7. The molecule has 2 aromatic carbocycles. The Morgan fingerprint density at radius 3 is 2.28 bits per heavy atom. The monoisotopic (exact) mass is 422 g/mol. The van der Waals surface area contributed by atoms with E-state index in [-0.39, 0.29) is 18.3 Å². The Morgan fingerprint density at radius 2 is 1.72 bits per heavy atom. The van der Waals surface area contributed by atoms with Gasteiger partial charge >= 0.3 is 0 Å². The van der Waals surface area contributed by atoms with Crippen LogP contribution in [0.1, 0.15) is 25.8 Å². The van der Waals surface area contributed by atoms with E-state index >= 15 is 0 Å². The lowest BCUT2D eigenvalue weighted by Crippen LogP contribution is -2.40. The van der Waals surface area contributed by atoms with Gasteiger partial charge in [-0.1, -0.05) is 12.1 Å². The van der Waals surface area contributed by atoms with E-state index in [2.05, 4.69) is 5.32 Å². The first-order chi connectivity index (χ1) is 13.6. The lowest BCUT2D eigenvalue weighted by molar-refractivity contribution is -0.119. The van der Waals surface area contributed by atoms with E-state index in [1.165, 1.54) is 12.1 Å². The smallest absolute Gasteiger partial charge is 0.240 e. The average molecular weight is 423 g/mol. The molecule has 0 heterocycles. The Bertz CT molecular complexity index is 897. The molecule has 0 unspecified atom stereocenters. The van der Waals surface area contributed by atoms with Gasteiger partial charge in [0, 0.05) is 6.54 Å². The van der Waals surface area contributed by atoms with Crippen molar-refractivity contribution >= 4 is 21.6 Å². The van der Waals surface area contributed by atoms with Gasteiger partial charge in [0.25, 0.3) is 0 Å². The Kier molecular flexibility index (Phi) is 8.01. The van der Waals surface area contributed by atoms with Crippen LogP contribution in [-0.4, -0.2) is 39.8 Å². The molecule has 1 N–H and O–H groups in total. The van der Waals surface area contributed by atoms with Crippen molar-refractivity contribution in [2.45, 2.75) is 32.8 Å². The fraction of sp³-hybridized carbons (Fsp3) is 0.381. The number of hydrogen-bond acceptors (Lipinski definition) is 4. The number of sulfonamides is 1. The summed E-state index contributed by atoms with van der Waals surface area (Å²) >= 11 is 0. The second kappa shape index (κ2) is 10.2. The van der Waals surface area contributed by atoms with Gasteiger partial charge in [-0.15, -0.1) is 0 Å². The van der Waals surface area contributed by atoms with Crippen LogP contribution in [0.4, 0.5) is 10.1 Å². The van der Waals surface area contributed by atoms with Crippen molar-refractivity contribution in [3.8, 4) is 5.75 Å². The molecule has 29 heavy (non-hydrogen) atoms. The SMILES string of the molecule is CC(C)Oc1ccc(CCCNC(=O)CN(c2ccc(F)cc2)S(C)(=O)=O)cc1. The zero-order chi connectivity index (χ0) is 21.4. The van der Waals surface area contributed by atoms with Crippen LogP contribution in [0, 0.1) is 5.82 Å². The molecule has 0 aliphatic heterocycles. The van der Waals surface area contributed by atoms with Crippen LogP contribution in [-0.2, 0) is 21.2 Å². The summed E-state index contributed by atoms with van der Waals surface area (Å²) in [6.45, 7) is 4.00. The highest BCUT2D eigenvalue weighted by Crippen LogP contribution is 2.18. The third-order valence-electron chi connectivity index (χ3n) is 4.06. The molecule has 0 fully saturated rings. The molecule has 0 radical (unpaired) electrons. The highest BCUT2D eigenvalue weighted by molar-refractivity contribution is 7.92. The van der Waals surface area contributed by atoms with Gasteiger partial charge in [-0.05, 0) is 68.7 Å². The number of nitrogens with zero attached hydrogens (tertiary/aromatic N) is 1. The summed E-state index contributed by atoms with van der Waals surface area (Å²) in [5, 5.41) is 2.73. The van der Waals surface area contributed by atoms with Crippen LogP contribution in [0.2, 0.25) is 0 Å². The number of benzene rings is 2. The minimum atomic E-state index is -3.67. The average Bonchev–Trinajstić information content (AvgIpc) is 2.64. The summed E-state index contributed by atoms with van der Waals surface area (Å²) < 4.78 is 43.6. The van der Waals surface area contributed by atoms with Gasteiger partial charge in [0.2, 0.25) is 15.9 Å². The molecule has 158 valence electrons. The fourth-order valence-corrected chi connectivity index (χ4v) is 3.58. The summed E-state index contributed by atoms with van der Waals surface area (Å²) in [7, 11) is -3.67. The number of halogens is 1. The normalized spacial score (nSPS) is 11.3. The van der Waals surface area contributed by atoms with Crippen molar-refractivity contribution in [3.05, 3.63) is 59.9 Å². The van der Waals surface area contributed by atoms with E-state index in [0.717, 1.165) is 40.4 Å². The lowest BCUT2D eigenvalue weighted by Gasteiger charge is -2.21. The van der Waals surface area contributed by atoms with Gasteiger partial charge in [-0.25, -0.2) is 12.8 Å². The number of rotatable bonds is 10. The van der Waals surface area contributed by atoms with Crippen LogP contribution < -0.4 is 14.4 Å². The number of ether oxygens (including phenoxy) is 1. The quantitative estimate of drug-likeness (QED) is 0.597. The van der Waals surface area contributed by atoms with E-state index in [4.69, 9.17) is 4.74 Å². The zero-order valence-electron chi connectivity index (χ0n) is 16.9. The van der Waals surface area contributed by atoms with Crippen LogP contribution in [0.25, 0.3) is 0 Å². The number of amides is 1. The third-order valence-corrected chi connectivity index (χ3v) is 5.20. The van der Waals surface area contributed by atoms with E-state index in [1.54, 1.807) is 0 Å². The molecule has 8 heteroatoms. The summed E-state index contributed by atoms with van der Waals surface area (Å²) in [6, 6.07) is 12.8. The number of nitrogens with one attached hydrogen (secondary N) is 1. The standard InChI is InChI=1S/C21H27FN2O4S/c1-16(2)28-20-12-6-17(7-13-20)5-4-14-23-21(25)15-24(29(3,26)27)19-10-8-18(22)9-11-19/h6-13,16H,4-5,14-15H2,1-3H3,(H,23,25). The maximum atomic E-state index is 13.1. The topological polar surface area (TPSA) is 75.7 Å². The highest BCUT2D eigenvalue weighted by atomic mass is 32.2. The van der Waals surface area contributed by atoms with Crippen molar-refractivity contribution < 1.29 is 22.3 Å². The first-order valence-electron chi connectivity index (χ1n) is 9.41. The third kappa shape index (κ3) is 7.73. The van der Waals surface area contributed by atoms with Crippen molar-refractivity contribution in [1.29, 1.82) is 0 Å². The molecular formula is C21H27FN2O4S. The number of hydrogen-bond donors (Lipinski definition) is 1. The molecule has 0 spiro atoms. The fourth-order valence-electron chi connectivity index (χ4n) is 2.72. The first kappa shape index (κ1) is 22.7. The highest BCUT2D eigenvalue weighted by Gasteiger charge is 2.20.